The molecular weight excluding hydrogens is 323 g/mol. The fourth-order valence-corrected chi connectivity index (χ4v) is 3.12. The van der Waals surface area contributed by atoms with Crippen LogP contribution in [0.3, 0.4) is 0 Å². The molecule has 0 bridgehead atoms. The summed E-state index contributed by atoms with van der Waals surface area (Å²) in [6.07, 6.45) is -0.0579. The molecule has 0 fully saturated rings. The van der Waals surface area contributed by atoms with Gasteiger partial charge in [-0.25, -0.2) is 17.6 Å². The molecule has 0 aliphatic rings. The van der Waals surface area contributed by atoms with Crippen LogP contribution in [0.15, 0.2) is 17.0 Å². The number of carboxylic acids is 1. The Bertz CT molecular complexity index is 715. The van der Waals surface area contributed by atoms with Gasteiger partial charge in [0, 0.05) is 13.1 Å². The number of aromatic carboxylic acids is 1. The summed E-state index contributed by atoms with van der Waals surface area (Å²) in [6.45, 7) is 1.51. The summed E-state index contributed by atoms with van der Waals surface area (Å²) in [4.78, 5) is 10.4. The van der Waals surface area contributed by atoms with E-state index >= 15 is 0 Å². The minimum Gasteiger partial charge on any atom is -0.478 e. The van der Waals surface area contributed by atoms with Crippen LogP contribution in [0.5, 0.6) is 0 Å². The lowest BCUT2D eigenvalue weighted by Gasteiger charge is -2.22. The Kier molecular flexibility index (Phi) is 5.28. The van der Waals surface area contributed by atoms with Gasteiger partial charge in [0.05, 0.1) is 28.0 Å². The van der Waals surface area contributed by atoms with Crippen LogP contribution < -0.4 is 0 Å². The third-order valence-electron chi connectivity index (χ3n) is 2.92. The molecule has 0 spiro atoms. The van der Waals surface area contributed by atoms with Crippen molar-refractivity contribution in [3.63, 3.8) is 0 Å². The molecule has 114 valence electrons. The lowest BCUT2D eigenvalue weighted by Crippen LogP contribution is -2.35. The van der Waals surface area contributed by atoms with Crippen molar-refractivity contribution < 1.29 is 22.7 Å². The Morgan fingerprint density at radius 1 is 1.57 bits per heavy atom. The highest BCUT2D eigenvalue weighted by Crippen LogP contribution is 2.26. The zero-order valence-corrected chi connectivity index (χ0v) is 12.7. The van der Waals surface area contributed by atoms with E-state index < -0.39 is 43.3 Å². The molecule has 21 heavy (non-hydrogen) atoms. The van der Waals surface area contributed by atoms with Gasteiger partial charge in [0.1, 0.15) is 5.82 Å². The normalized spacial score (nSPS) is 13.0. The van der Waals surface area contributed by atoms with Crippen molar-refractivity contribution in [2.24, 2.45) is 0 Å². The molecule has 0 radical (unpaired) electrons. The lowest BCUT2D eigenvalue weighted by molar-refractivity contribution is 0.0696. The van der Waals surface area contributed by atoms with Gasteiger partial charge in [-0.2, -0.15) is 9.57 Å². The van der Waals surface area contributed by atoms with Crippen molar-refractivity contribution in [1.29, 1.82) is 5.26 Å². The zero-order valence-electron chi connectivity index (χ0n) is 11.2. The summed E-state index contributed by atoms with van der Waals surface area (Å²) >= 11 is 5.49. The van der Waals surface area contributed by atoms with Crippen LogP contribution in [0.2, 0.25) is 5.02 Å². The second-order valence-electron chi connectivity index (χ2n) is 4.30. The van der Waals surface area contributed by atoms with Crippen LogP contribution in [0, 0.1) is 17.1 Å². The molecular formula is C12H12ClFN2O4S. The van der Waals surface area contributed by atoms with Gasteiger partial charge in [0.2, 0.25) is 10.0 Å². The number of halogens is 2. The molecule has 0 aromatic heterocycles. The number of benzene rings is 1. The summed E-state index contributed by atoms with van der Waals surface area (Å²) in [7, 11) is -2.91. The Labute approximate surface area is 126 Å². The van der Waals surface area contributed by atoms with Crippen molar-refractivity contribution >= 4 is 27.6 Å². The summed E-state index contributed by atoms with van der Waals surface area (Å²) in [5.74, 6) is -2.68. The Morgan fingerprint density at radius 3 is 2.62 bits per heavy atom. The summed E-state index contributed by atoms with van der Waals surface area (Å²) in [6, 6.07) is 2.62. The predicted molar refractivity (Wildman–Crippen MR) is 73.0 cm³/mol. The van der Waals surface area contributed by atoms with Crippen LogP contribution in [-0.4, -0.2) is 36.9 Å². The summed E-state index contributed by atoms with van der Waals surface area (Å²) in [5, 5.41) is 16.8. The van der Waals surface area contributed by atoms with E-state index in [-0.39, 0.29) is 6.42 Å². The first-order valence-corrected chi connectivity index (χ1v) is 7.52. The fraction of sp³-hybridized carbons (Fsp3) is 0.333. The highest BCUT2D eigenvalue weighted by atomic mass is 35.5. The molecule has 1 N–H and O–H groups in total. The average Bonchev–Trinajstić information content (AvgIpc) is 2.40. The lowest BCUT2D eigenvalue weighted by atomic mass is 10.2. The zero-order chi connectivity index (χ0) is 16.4. The van der Waals surface area contributed by atoms with Crippen LogP contribution in [0.25, 0.3) is 0 Å². The number of nitrogens with zero attached hydrogens (tertiary/aromatic N) is 2. The third kappa shape index (κ3) is 3.50. The maximum atomic E-state index is 13.6. The van der Waals surface area contributed by atoms with E-state index in [1.807, 2.05) is 6.07 Å². The standard InChI is InChI=1S/C12H12ClFN2O4S/c1-7(3-4-15)16(2)21(19,20)8-5-9(12(17)18)11(13)10(14)6-8/h5-7H,3H2,1-2H3,(H,17,18). The van der Waals surface area contributed by atoms with Crippen molar-refractivity contribution in [3.05, 3.63) is 28.5 Å². The number of sulfonamides is 1. The van der Waals surface area contributed by atoms with E-state index in [1.54, 1.807) is 0 Å². The molecule has 0 saturated carbocycles. The minimum absolute atomic E-state index is 0.0579. The van der Waals surface area contributed by atoms with Crippen molar-refractivity contribution in [1.82, 2.24) is 4.31 Å². The van der Waals surface area contributed by atoms with Gasteiger partial charge in [0.25, 0.3) is 0 Å². The topological polar surface area (TPSA) is 98.5 Å². The van der Waals surface area contributed by atoms with Gasteiger partial charge >= 0.3 is 5.97 Å². The summed E-state index contributed by atoms with van der Waals surface area (Å²) < 4.78 is 39.1. The fourth-order valence-electron chi connectivity index (χ4n) is 1.53. The van der Waals surface area contributed by atoms with Gasteiger partial charge in [-0.05, 0) is 19.1 Å². The average molecular weight is 335 g/mol. The number of carboxylic acid groups (broad SMARTS) is 1. The van der Waals surface area contributed by atoms with E-state index in [2.05, 4.69) is 0 Å². The largest absolute Gasteiger partial charge is 0.478 e. The molecule has 1 aromatic rings. The quantitative estimate of drug-likeness (QED) is 0.889. The van der Waals surface area contributed by atoms with Crippen molar-refractivity contribution in [2.75, 3.05) is 7.05 Å². The Morgan fingerprint density at radius 2 is 2.14 bits per heavy atom. The van der Waals surface area contributed by atoms with Gasteiger partial charge in [-0.1, -0.05) is 11.6 Å². The first-order valence-electron chi connectivity index (χ1n) is 5.70. The van der Waals surface area contributed by atoms with E-state index in [9.17, 15) is 17.6 Å². The molecule has 1 atom stereocenters. The van der Waals surface area contributed by atoms with Crippen LogP contribution in [0.1, 0.15) is 23.7 Å². The second-order valence-corrected chi connectivity index (χ2v) is 6.68. The molecule has 1 unspecified atom stereocenters. The molecule has 1 rings (SSSR count). The highest BCUT2D eigenvalue weighted by molar-refractivity contribution is 7.89. The smallest absolute Gasteiger partial charge is 0.337 e. The minimum atomic E-state index is -4.14. The molecule has 1 aromatic carbocycles. The molecule has 0 aliphatic heterocycles. The van der Waals surface area contributed by atoms with Crippen molar-refractivity contribution in [2.45, 2.75) is 24.3 Å². The first-order chi connectivity index (χ1) is 9.62. The number of hydrogen-bond donors (Lipinski definition) is 1. The number of nitriles is 1. The van der Waals surface area contributed by atoms with Gasteiger partial charge in [-0.15, -0.1) is 0 Å². The molecule has 9 heteroatoms. The predicted octanol–water partition coefficient (Wildman–Crippen LogP) is 2.10. The van der Waals surface area contributed by atoms with Crippen LogP contribution in [0.4, 0.5) is 4.39 Å². The highest BCUT2D eigenvalue weighted by Gasteiger charge is 2.28. The number of hydrogen-bond acceptors (Lipinski definition) is 4. The van der Waals surface area contributed by atoms with Gasteiger partial charge in [0.15, 0.2) is 0 Å². The van der Waals surface area contributed by atoms with Crippen molar-refractivity contribution in [3.8, 4) is 6.07 Å². The van der Waals surface area contributed by atoms with E-state index in [1.165, 1.54) is 14.0 Å². The van der Waals surface area contributed by atoms with E-state index in [0.29, 0.717) is 6.07 Å². The number of rotatable bonds is 5. The maximum Gasteiger partial charge on any atom is 0.337 e. The van der Waals surface area contributed by atoms with Gasteiger partial charge in [-0.3, -0.25) is 0 Å². The Hall–Kier alpha value is -1.69. The second kappa shape index (κ2) is 6.39. The van der Waals surface area contributed by atoms with Gasteiger partial charge < -0.3 is 5.11 Å². The van der Waals surface area contributed by atoms with E-state index in [0.717, 1.165) is 10.4 Å². The molecule has 0 heterocycles. The monoisotopic (exact) mass is 334 g/mol. The maximum absolute atomic E-state index is 13.6. The van der Waals surface area contributed by atoms with Crippen LogP contribution in [-0.2, 0) is 10.0 Å². The third-order valence-corrected chi connectivity index (χ3v) is 5.25. The number of carbonyl (C=O) groups is 1. The Balaban J connectivity index is 3.40. The van der Waals surface area contributed by atoms with E-state index in [4.69, 9.17) is 22.0 Å². The SMILES string of the molecule is CC(CC#N)N(C)S(=O)(=O)c1cc(F)c(Cl)c(C(=O)O)c1. The molecule has 6 nitrogen and oxygen atoms in total. The molecule has 0 amide bonds. The van der Waals surface area contributed by atoms with Crippen LogP contribution >= 0.6 is 11.6 Å². The first kappa shape index (κ1) is 17.4. The summed E-state index contributed by atoms with van der Waals surface area (Å²) in [5.41, 5.74) is -0.642. The molecule has 0 saturated heterocycles. The molecule has 0 aliphatic carbocycles.